The molecule has 19 heavy (non-hydrogen) atoms. The summed E-state index contributed by atoms with van der Waals surface area (Å²) in [6, 6.07) is -1.07. The lowest BCUT2D eigenvalue weighted by atomic mass is 10.2. The van der Waals surface area contributed by atoms with Crippen LogP contribution in [0.1, 0.15) is 20.3 Å². The number of rotatable bonds is 5. The minimum absolute atomic E-state index is 0.214. The van der Waals surface area contributed by atoms with Crippen LogP contribution in [0.4, 0.5) is 4.79 Å². The molecule has 108 valence electrons. The molecule has 0 aromatic rings. The molecule has 0 saturated carbocycles. The number of likely N-dealkylation sites (N-methyl/N-ethyl adjacent to an activating group) is 1. The lowest BCUT2D eigenvalue weighted by molar-refractivity contribution is -0.141. The van der Waals surface area contributed by atoms with E-state index in [4.69, 9.17) is 4.74 Å². The summed E-state index contributed by atoms with van der Waals surface area (Å²) < 4.78 is 5.17. The van der Waals surface area contributed by atoms with E-state index in [1.807, 2.05) is 13.8 Å². The lowest BCUT2D eigenvalue weighted by Crippen LogP contribution is -2.48. The minimum atomic E-state index is -0.987. The molecule has 6 heteroatoms. The summed E-state index contributed by atoms with van der Waals surface area (Å²) in [5.74, 6) is -0.987. The van der Waals surface area contributed by atoms with Crippen LogP contribution in [0.3, 0.4) is 0 Å². The van der Waals surface area contributed by atoms with Crippen molar-refractivity contribution in [1.29, 1.82) is 0 Å². The Bertz CT molecular complexity index is 370. The molecule has 1 N–H and O–H groups in total. The van der Waals surface area contributed by atoms with E-state index < -0.39 is 12.0 Å². The van der Waals surface area contributed by atoms with Crippen LogP contribution in [0.15, 0.2) is 12.2 Å². The third kappa shape index (κ3) is 3.70. The number of nitrogens with zero attached hydrogens (tertiary/aromatic N) is 2. The fraction of sp³-hybridized carbons (Fsp3) is 0.692. The molecule has 2 unspecified atom stereocenters. The molecule has 0 bridgehead atoms. The number of ether oxygens (including phenoxy) is 1. The number of amides is 2. The Morgan fingerprint density at radius 2 is 2.16 bits per heavy atom. The number of urea groups is 1. The van der Waals surface area contributed by atoms with Crippen LogP contribution in [0.25, 0.3) is 0 Å². The number of carboxylic acid groups (broad SMARTS) is 1. The van der Waals surface area contributed by atoms with Crippen molar-refractivity contribution in [3.8, 4) is 0 Å². The smallest absolute Gasteiger partial charge is 0.326 e. The molecule has 1 fully saturated rings. The highest BCUT2D eigenvalue weighted by Gasteiger charge is 2.41. The predicted molar refractivity (Wildman–Crippen MR) is 71.0 cm³/mol. The predicted octanol–water partition coefficient (Wildman–Crippen LogP) is 1.18. The van der Waals surface area contributed by atoms with Crippen LogP contribution in [0.5, 0.6) is 0 Å². The highest BCUT2D eigenvalue weighted by molar-refractivity contribution is 5.83. The molecule has 6 nitrogen and oxygen atoms in total. The lowest BCUT2D eigenvalue weighted by Gasteiger charge is -2.29. The van der Waals surface area contributed by atoms with Crippen LogP contribution in [0, 0.1) is 0 Å². The van der Waals surface area contributed by atoms with Crippen molar-refractivity contribution in [2.75, 3.05) is 26.7 Å². The SMILES string of the molecule is C=C(C)CN(CC)C(=O)N1CC(OC)CC1C(=O)O. The number of aliphatic carboxylic acids is 1. The third-order valence-corrected chi connectivity index (χ3v) is 3.24. The van der Waals surface area contributed by atoms with Gasteiger partial charge in [-0.05, 0) is 13.8 Å². The van der Waals surface area contributed by atoms with E-state index in [0.717, 1.165) is 5.57 Å². The average molecular weight is 270 g/mol. The van der Waals surface area contributed by atoms with E-state index in [1.54, 1.807) is 4.90 Å². The van der Waals surface area contributed by atoms with Crippen LogP contribution in [0.2, 0.25) is 0 Å². The van der Waals surface area contributed by atoms with Crippen LogP contribution >= 0.6 is 0 Å². The Morgan fingerprint density at radius 1 is 1.53 bits per heavy atom. The van der Waals surface area contributed by atoms with Crippen LogP contribution < -0.4 is 0 Å². The molecular formula is C13H22N2O4. The molecule has 1 aliphatic rings. The quantitative estimate of drug-likeness (QED) is 0.762. The zero-order chi connectivity index (χ0) is 14.6. The van der Waals surface area contributed by atoms with E-state index in [0.29, 0.717) is 26.1 Å². The molecule has 2 atom stereocenters. The summed E-state index contributed by atoms with van der Waals surface area (Å²) in [6.45, 7) is 8.76. The summed E-state index contributed by atoms with van der Waals surface area (Å²) in [5.41, 5.74) is 0.865. The zero-order valence-electron chi connectivity index (χ0n) is 11.8. The maximum absolute atomic E-state index is 12.4. The summed E-state index contributed by atoms with van der Waals surface area (Å²) in [4.78, 5) is 26.6. The van der Waals surface area contributed by atoms with E-state index in [-0.39, 0.29) is 12.1 Å². The Balaban J connectivity index is 2.82. The molecule has 0 aromatic carbocycles. The second-order valence-electron chi connectivity index (χ2n) is 4.85. The van der Waals surface area contributed by atoms with E-state index >= 15 is 0 Å². The van der Waals surface area contributed by atoms with Gasteiger partial charge in [0.15, 0.2) is 0 Å². The monoisotopic (exact) mass is 270 g/mol. The van der Waals surface area contributed by atoms with Gasteiger partial charge in [-0.15, -0.1) is 0 Å². The fourth-order valence-corrected chi connectivity index (χ4v) is 2.24. The standard InChI is InChI=1S/C13H22N2O4/c1-5-14(7-9(2)3)13(18)15-8-10(19-4)6-11(15)12(16)17/h10-11H,2,5-8H2,1,3-4H3,(H,16,17). The topological polar surface area (TPSA) is 70.1 Å². The molecule has 0 aromatic heterocycles. The maximum atomic E-state index is 12.4. The van der Waals surface area contributed by atoms with Crippen molar-refractivity contribution in [3.05, 3.63) is 12.2 Å². The largest absolute Gasteiger partial charge is 0.480 e. The van der Waals surface area contributed by atoms with Gasteiger partial charge < -0.3 is 19.6 Å². The van der Waals surface area contributed by atoms with Gasteiger partial charge in [-0.25, -0.2) is 9.59 Å². The Kier molecular flexibility index (Phi) is 5.35. The van der Waals surface area contributed by atoms with Gasteiger partial charge in [-0.3, -0.25) is 0 Å². The number of methoxy groups -OCH3 is 1. The van der Waals surface area contributed by atoms with Gasteiger partial charge in [0.1, 0.15) is 6.04 Å². The van der Waals surface area contributed by atoms with Crippen molar-refractivity contribution in [1.82, 2.24) is 9.80 Å². The summed E-state index contributed by atoms with van der Waals surface area (Å²) >= 11 is 0. The first-order chi connectivity index (χ1) is 8.90. The van der Waals surface area contributed by atoms with Crippen LogP contribution in [-0.2, 0) is 9.53 Å². The first-order valence-corrected chi connectivity index (χ1v) is 6.36. The molecule has 2 amide bonds. The van der Waals surface area contributed by atoms with Gasteiger partial charge in [-0.1, -0.05) is 12.2 Å². The van der Waals surface area contributed by atoms with Gasteiger partial charge in [0, 0.05) is 33.2 Å². The highest BCUT2D eigenvalue weighted by Crippen LogP contribution is 2.22. The molecule has 0 spiro atoms. The van der Waals surface area contributed by atoms with Crippen molar-refractivity contribution in [2.45, 2.75) is 32.4 Å². The van der Waals surface area contributed by atoms with Crippen LogP contribution in [-0.4, -0.2) is 65.8 Å². The Hall–Kier alpha value is -1.56. The Morgan fingerprint density at radius 3 is 2.58 bits per heavy atom. The first kappa shape index (κ1) is 15.5. The molecule has 1 aliphatic heterocycles. The second-order valence-corrected chi connectivity index (χ2v) is 4.85. The van der Waals surface area contributed by atoms with E-state index in [2.05, 4.69) is 6.58 Å². The van der Waals surface area contributed by atoms with Crippen molar-refractivity contribution < 1.29 is 19.4 Å². The average Bonchev–Trinajstić information content (AvgIpc) is 2.79. The summed E-state index contributed by atoms with van der Waals surface area (Å²) in [5, 5.41) is 9.20. The number of carbonyl (C=O) groups is 2. The third-order valence-electron chi connectivity index (χ3n) is 3.24. The number of hydrogen-bond donors (Lipinski definition) is 1. The zero-order valence-corrected chi connectivity index (χ0v) is 11.8. The van der Waals surface area contributed by atoms with Gasteiger partial charge >= 0.3 is 12.0 Å². The summed E-state index contributed by atoms with van der Waals surface area (Å²) in [6.07, 6.45) is 0.121. The number of carboxylic acids is 1. The highest BCUT2D eigenvalue weighted by atomic mass is 16.5. The van der Waals surface area contributed by atoms with Crippen molar-refractivity contribution in [2.24, 2.45) is 0 Å². The number of likely N-dealkylation sites (tertiary alicyclic amines) is 1. The molecule has 1 saturated heterocycles. The Labute approximate surface area is 113 Å². The van der Waals surface area contributed by atoms with Gasteiger partial charge in [-0.2, -0.15) is 0 Å². The van der Waals surface area contributed by atoms with Gasteiger partial charge in [0.2, 0.25) is 0 Å². The van der Waals surface area contributed by atoms with Crippen molar-refractivity contribution in [3.63, 3.8) is 0 Å². The second kappa shape index (κ2) is 6.56. The molecule has 0 aliphatic carbocycles. The van der Waals surface area contributed by atoms with Crippen molar-refractivity contribution >= 4 is 12.0 Å². The number of carbonyl (C=O) groups excluding carboxylic acids is 1. The van der Waals surface area contributed by atoms with Gasteiger partial charge in [0.25, 0.3) is 0 Å². The fourth-order valence-electron chi connectivity index (χ4n) is 2.24. The summed E-state index contributed by atoms with van der Waals surface area (Å²) in [7, 11) is 1.53. The minimum Gasteiger partial charge on any atom is -0.480 e. The van der Waals surface area contributed by atoms with Gasteiger partial charge in [0.05, 0.1) is 6.10 Å². The first-order valence-electron chi connectivity index (χ1n) is 6.36. The number of hydrogen-bond acceptors (Lipinski definition) is 3. The van der Waals surface area contributed by atoms with E-state index in [1.165, 1.54) is 12.0 Å². The van der Waals surface area contributed by atoms with E-state index in [9.17, 15) is 14.7 Å². The maximum Gasteiger partial charge on any atom is 0.326 e. The molecule has 1 heterocycles. The molecular weight excluding hydrogens is 248 g/mol. The molecule has 0 radical (unpaired) electrons. The molecule has 1 rings (SSSR count). The normalized spacial score (nSPS) is 22.4.